The predicted octanol–water partition coefficient (Wildman–Crippen LogP) is 9.61. The van der Waals surface area contributed by atoms with Crippen LogP contribution in [0.1, 0.15) is 141 Å². The fourth-order valence-electron chi connectivity index (χ4n) is 6.50. The SMILES string of the molecule is CCCCCCCCCC(=O)Oc1ccc([C@H]2CC[C@H]([C@H]3CC[C@H](CCC)CC3)CC2)cc1. The van der Waals surface area contributed by atoms with Gasteiger partial charge in [0.05, 0.1) is 0 Å². The van der Waals surface area contributed by atoms with E-state index in [9.17, 15) is 4.79 Å². The minimum Gasteiger partial charge on any atom is -0.427 e. The number of rotatable bonds is 13. The van der Waals surface area contributed by atoms with Gasteiger partial charge >= 0.3 is 5.97 Å². The lowest BCUT2D eigenvalue weighted by Gasteiger charge is -2.38. The predicted molar refractivity (Wildman–Crippen MR) is 140 cm³/mol. The molecule has 0 amide bonds. The van der Waals surface area contributed by atoms with Gasteiger partial charge in [-0.3, -0.25) is 4.79 Å². The largest absolute Gasteiger partial charge is 0.427 e. The molecule has 0 aromatic heterocycles. The number of ether oxygens (including phenoxy) is 1. The summed E-state index contributed by atoms with van der Waals surface area (Å²) < 4.78 is 5.59. The van der Waals surface area contributed by atoms with Gasteiger partial charge in [0.15, 0.2) is 0 Å². The second-order valence-electron chi connectivity index (χ2n) is 11.1. The second-order valence-corrected chi connectivity index (χ2v) is 11.1. The van der Waals surface area contributed by atoms with E-state index in [-0.39, 0.29) is 5.97 Å². The molecule has 33 heavy (non-hydrogen) atoms. The van der Waals surface area contributed by atoms with Crippen LogP contribution in [0.5, 0.6) is 5.75 Å². The number of esters is 1. The third-order valence-corrected chi connectivity index (χ3v) is 8.59. The van der Waals surface area contributed by atoms with Crippen molar-refractivity contribution >= 4 is 5.97 Å². The van der Waals surface area contributed by atoms with Gasteiger partial charge in [-0.25, -0.2) is 0 Å². The summed E-state index contributed by atoms with van der Waals surface area (Å²) in [7, 11) is 0. The fraction of sp³-hybridized carbons (Fsp3) is 0.774. The van der Waals surface area contributed by atoms with Crippen molar-refractivity contribution in [2.75, 3.05) is 0 Å². The molecule has 2 fully saturated rings. The lowest BCUT2D eigenvalue weighted by atomic mass is 9.68. The average Bonchev–Trinajstić information content (AvgIpc) is 2.85. The molecule has 2 heteroatoms. The number of hydrogen-bond donors (Lipinski definition) is 0. The van der Waals surface area contributed by atoms with Crippen LogP contribution >= 0.6 is 0 Å². The fourth-order valence-corrected chi connectivity index (χ4v) is 6.50. The molecule has 186 valence electrons. The third-order valence-electron chi connectivity index (χ3n) is 8.59. The van der Waals surface area contributed by atoms with Gasteiger partial charge in [0.25, 0.3) is 0 Å². The summed E-state index contributed by atoms with van der Waals surface area (Å²) in [6.45, 7) is 4.58. The molecule has 0 atom stereocenters. The van der Waals surface area contributed by atoms with Crippen LogP contribution in [-0.4, -0.2) is 5.97 Å². The van der Waals surface area contributed by atoms with E-state index in [1.807, 2.05) is 12.1 Å². The average molecular weight is 455 g/mol. The van der Waals surface area contributed by atoms with Crippen LogP contribution in [0.2, 0.25) is 0 Å². The van der Waals surface area contributed by atoms with Gasteiger partial charge in [-0.2, -0.15) is 0 Å². The maximum atomic E-state index is 12.2. The van der Waals surface area contributed by atoms with Crippen molar-refractivity contribution in [1.29, 1.82) is 0 Å². The molecule has 2 aliphatic carbocycles. The maximum Gasteiger partial charge on any atom is 0.311 e. The van der Waals surface area contributed by atoms with E-state index in [0.29, 0.717) is 18.1 Å². The summed E-state index contributed by atoms with van der Waals surface area (Å²) in [5, 5.41) is 0. The minimum atomic E-state index is -0.0783. The Labute approximate surface area is 204 Å². The molecule has 0 aliphatic heterocycles. The molecule has 2 aliphatic rings. The van der Waals surface area contributed by atoms with Crippen molar-refractivity contribution in [3.8, 4) is 5.75 Å². The zero-order valence-electron chi connectivity index (χ0n) is 21.7. The minimum absolute atomic E-state index is 0.0783. The molecule has 0 spiro atoms. The first-order valence-corrected chi connectivity index (χ1v) is 14.5. The number of carbonyl (C=O) groups excluding carboxylic acids is 1. The molecule has 0 heterocycles. The van der Waals surface area contributed by atoms with Crippen molar-refractivity contribution in [1.82, 2.24) is 0 Å². The van der Waals surface area contributed by atoms with E-state index in [1.54, 1.807) is 0 Å². The van der Waals surface area contributed by atoms with Gasteiger partial charge < -0.3 is 4.74 Å². The first-order chi connectivity index (χ1) is 16.2. The van der Waals surface area contributed by atoms with Crippen molar-refractivity contribution in [3.63, 3.8) is 0 Å². The Morgan fingerprint density at radius 1 is 0.727 bits per heavy atom. The Balaban J connectivity index is 1.32. The van der Waals surface area contributed by atoms with Crippen LogP contribution < -0.4 is 4.74 Å². The second kappa shape index (κ2) is 14.8. The smallest absolute Gasteiger partial charge is 0.311 e. The molecule has 1 aromatic carbocycles. The quantitative estimate of drug-likeness (QED) is 0.168. The van der Waals surface area contributed by atoms with E-state index in [2.05, 4.69) is 26.0 Å². The van der Waals surface area contributed by atoms with Crippen LogP contribution in [0.4, 0.5) is 0 Å². The standard InChI is InChI=1S/C31H50O2/c1-3-5-6-7-8-9-10-12-31(32)33-30-23-21-29(22-24-30)28-19-17-27(18-20-28)26-15-13-25(11-4-2)14-16-26/h21-28H,3-20H2,1-2H3/t25-,26-,27-,28-. The Morgan fingerprint density at radius 2 is 1.30 bits per heavy atom. The van der Waals surface area contributed by atoms with Crippen LogP contribution in [0, 0.1) is 17.8 Å². The van der Waals surface area contributed by atoms with Gasteiger partial charge in [0, 0.05) is 6.42 Å². The summed E-state index contributed by atoms with van der Waals surface area (Å²) in [4.78, 5) is 12.2. The number of hydrogen-bond acceptors (Lipinski definition) is 2. The maximum absolute atomic E-state index is 12.2. The number of benzene rings is 1. The monoisotopic (exact) mass is 454 g/mol. The van der Waals surface area contributed by atoms with Crippen molar-refractivity contribution < 1.29 is 9.53 Å². The molecule has 0 unspecified atom stereocenters. The Kier molecular flexibility index (Phi) is 11.8. The Hall–Kier alpha value is -1.31. The van der Waals surface area contributed by atoms with E-state index in [4.69, 9.17) is 4.74 Å². The summed E-state index contributed by atoms with van der Waals surface area (Å²) in [5.74, 6) is 4.31. The van der Waals surface area contributed by atoms with E-state index in [0.717, 1.165) is 30.6 Å². The van der Waals surface area contributed by atoms with Crippen LogP contribution in [0.25, 0.3) is 0 Å². The van der Waals surface area contributed by atoms with Crippen LogP contribution in [0.15, 0.2) is 24.3 Å². The molecule has 0 radical (unpaired) electrons. The Morgan fingerprint density at radius 3 is 1.91 bits per heavy atom. The van der Waals surface area contributed by atoms with Crippen molar-refractivity contribution in [2.24, 2.45) is 17.8 Å². The normalized spacial score (nSPS) is 25.6. The highest BCUT2D eigenvalue weighted by molar-refractivity contribution is 5.72. The molecule has 2 nitrogen and oxygen atoms in total. The highest BCUT2D eigenvalue weighted by atomic mass is 16.5. The zero-order chi connectivity index (χ0) is 23.3. The van der Waals surface area contributed by atoms with Gasteiger partial charge in [-0.1, -0.05) is 90.2 Å². The van der Waals surface area contributed by atoms with Gasteiger partial charge in [0.1, 0.15) is 5.75 Å². The summed E-state index contributed by atoms with van der Waals surface area (Å²) >= 11 is 0. The highest BCUT2D eigenvalue weighted by Gasteiger charge is 2.31. The summed E-state index contributed by atoms with van der Waals surface area (Å²) in [6.07, 6.45) is 23.3. The van der Waals surface area contributed by atoms with Gasteiger partial charge in [0.2, 0.25) is 0 Å². The molecular formula is C31H50O2. The molecule has 3 rings (SSSR count). The number of carbonyl (C=O) groups is 1. The van der Waals surface area contributed by atoms with E-state index < -0.39 is 0 Å². The lowest BCUT2D eigenvalue weighted by molar-refractivity contribution is -0.134. The summed E-state index contributed by atoms with van der Waals surface area (Å²) in [5.41, 5.74) is 1.44. The van der Waals surface area contributed by atoms with Gasteiger partial charge in [-0.15, -0.1) is 0 Å². The van der Waals surface area contributed by atoms with Gasteiger partial charge in [-0.05, 0) is 86.3 Å². The molecule has 2 saturated carbocycles. The molecule has 1 aromatic rings. The van der Waals surface area contributed by atoms with Crippen molar-refractivity contribution in [3.05, 3.63) is 29.8 Å². The molecule has 0 saturated heterocycles. The highest BCUT2D eigenvalue weighted by Crippen LogP contribution is 2.44. The first-order valence-electron chi connectivity index (χ1n) is 14.5. The van der Waals surface area contributed by atoms with Crippen molar-refractivity contribution in [2.45, 2.75) is 135 Å². The lowest BCUT2D eigenvalue weighted by Crippen LogP contribution is -2.25. The summed E-state index contributed by atoms with van der Waals surface area (Å²) in [6, 6.07) is 8.44. The first kappa shape index (κ1) is 26.3. The number of unbranched alkanes of at least 4 members (excludes halogenated alkanes) is 6. The molecule has 0 bridgehead atoms. The molecule has 0 N–H and O–H groups in total. The topological polar surface area (TPSA) is 26.3 Å². The molecular weight excluding hydrogens is 404 g/mol. The Bertz CT molecular complexity index is 648. The third kappa shape index (κ3) is 9.10. The van der Waals surface area contributed by atoms with E-state index in [1.165, 1.54) is 102 Å². The van der Waals surface area contributed by atoms with Crippen LogP contribution in [-0.2, 0) is 4.79 Å². The zero-order valence-corrected chi connectivity index (χ0v) is 21.7. The van der Waals surface area contributed by atoms with E-state index >= 15 is 0 Å². The van der Waals surface area contributed by atoms with Crippen LogP contribution in [0.3, 0.4) is 0 Å².